The second-order valence-electron chi connectivity index (χ2n) is 4.47. The molecule has 0 radical (unpaired) electrons. The van der Waals surface area contributed by atoms with Crippen LogP contribution in [0.1, 0.15) is 29.7 Å². The van der Waals surface area contributed by atoms with E-state index in [9.17, 15) is 0 Å². The van der Waals surface area contributed by atoms with Crippen molar-refractivity contribution in [2.45, 2.75) is 19.9 Å². The summed E-state index contributed by atoms with van der Waals surface area (Å²) in [6.45, 7) is 4.23. The minimum Gasteiger partial charge on any atom is -0.379 e. The first-order chi connectivity index (χ1) is 8.69. The summed E-state index contributed by atoms with van der Waals surface area (Å²) in [6, 6.07) is 18.4. The van der Waals surface area contributed by atoms with Crippen molar-refractivity contribution in [1.29, 1.82) is 5.26 Å². The molecule has 0 aliphatic heterocycles. The van der Waals surface area contributed by atoms with Gasteiger partial charge >= 0.3 is 0 Å². The SMILES string of the molecule is Cc1cccc(C(C)Nc2ccc(C#N)cc2)c1. The third-order valence-electron chi connectivity index (χ3n) is 2.94. The minimum atomic E-state index is 0.248. The first-order valence-corrected chi connectivity index (χ1v) is 6.02. The number of hydrogen-bond donors (Lipinski definition) is 1. The Hall–Kier alpha value is -2.27. The normalized spacial score (nSPS) is 11.6. The van der Waals surface area contributed by atoms with Crippen LogP contribution in [0.15, 0.2) is 48.5 Å². The number of anilines is 1. The molecule has 2 aromatic carbocycles. The number of nitrogens with one attached hydrogen (secondary N) is 1. The fourth-order valence-corrected chi connectivity index (χ4v) is 1.91. The number of aryl methyl sites for hydroxylation is 1. The van der Waals surface area contributed by atoms with Crippen molar-refractivity contribution in [3.05, 3.63) is 65.2 Å². The van der Waals surface area contributed by atoms with Gasteiger partial charge in [0.25, 0.3) is 0 Å². The van der Waals surface area contributed by atoms with Crippen molar-refractivity contribution in [2.75, 3.05) is 5.32 Å². The molecule has 1 N–H and O–H groups in total. The lowest BCUT2D eigenvalue weighted by atomic mass is 10.1. The summed E-state index contributed by atoms with van der Waals surface area (Å²) in [5, 5.41) is 12.2. The molecule has 0 saturated heterocycles. The van der Waals surface area contributed by atoms with E-state index >= 15 is 0 Å². The summed E-state index contributed by atoms with van der Waals surface area (Å²) < 4.78 is 0. The van der Waals surface area contributed by atoms with E-state index < -0.39 is 0 Å². The molecule has 0 heterocycles. The van der Waals surface area contributed by atoms with E-state index in [1.165, 1.54) is 11.1 Å². The second kappa shape index (κ2) is 5.37. The monoisotopic (exact) mass is 236 g/mol. The Kier molecular flexibility index (Phi) is 3.64. The minimum absolute atomic E-state index is 0.248. The third kappa shape index (κ3) is 2.89. The number of hydrogen-bond acceptors (Lipinski definition) is 2. The quantitative estimate of drug-likeness (QED) is 0.873. The molecule has 2 aromatic rings. The van der Waals surface area contributed by atoms with Crippen LogP contribution in [0.5, 0.6) is 0 Å². The molecule has 2 nitrogen and oxygen atoms in total. The van der Waals surface area contributed by atoms with Gasteiger partial charge in [-0.1, -0.05) is 29.8 Å². The second-order valence-corrected chi connectivity index (χ2v) is 4.47. The Balaban J connectivity index is 2.11. The average molecular weight is 236 g/mol. The van der Waals surface area contributed by atoms with Crippen molar-refractivity contribution in [2.24, 2.45) is 0 Å². The van der Waals surface area contributed by atoms with Crippen LogP contribution in [-0.2, 0) is 0 Å². The maximum atomic E-state index is 8.75. The molecule has 2 rings (SSSR count). The summed E-state index contributed by atoms with van der Waals surface area (Å²) in [7, 11) is 0. The van der Waals surface area contributed by atoms with E-state index in [1.54, 1.807) is 0 Å². The predicted octanol–water partition coefficient (Wildman–Crippen LogP) is 4.04. The van der Waals surface area contributed by atoms with Gasteiger partial charge < -0.3 is 5.32 Å². The Morgan fingerprint density at radius 1 is 1.11 bits per heavy atom. The fraction of sp³-hybridized carbons (Fsp3) is 0.188. The van der Waals surface area contributed by atoms with E-state index in [4.69, 9.17) is 5.26 Å². The van der Waals surface area contributed by atoms with E-state index in [2.05, 4.69) is 49.5 Å². The smallest absolute Gasteiger partial charge is 0.0991 e. The highest BCUT2D eigenvalue weighted by atomic mass is 14.9. The van der Waals surface area contributed by atoms with Crippen LogP contribution in [0, 0.1) is 18.3 Å². The largest absolute Gasteiger partial charge is 0.379 e. The van der Waals surface area contributed by atoms with E-state index in [1.807, 2.05) is 24.3 Å². The van der Waals surface area contributed by atoms with Crippen LogP contribution in [0.3, 0.4) is 0 Å². The summed E-state index contributed by atoms with van der Waals surface area (Å²) >= 11 is 0. The van der Waals surface area contributed by atoms with Crippen molar-refractivity contribution in [3.8, 4) is 6.07 Å². The zero-order chi connectivity index (χ0) is 13.0. The number of nitriles is 1. The zero-order valence-corrected chi connectivity index (χ0v) is 10.6. The lowest BCUT2D eigenvalue weighted by Gasteiger charge is -2.16. The van der Waals surface area contributed by atoms with Crippen LogP contribution in [0.2, 0.25) is 0 Å². The Morgan fingerprint density at radius 3 is 2.44 bits per heavy atom. The number of nitrogens with zero attached hydrogens (tertiary/aromatic N) is 1. The van der Waals surface area contributed by atoms with E-state index in [-0.39, 0.29) is 6.04 Å². The highest BCUT2D eigenvalue weighted by Gasteiger charge is 2.05. The first-order valence-electron chi connectivity index (χ1n) is 6.02. The topological polar surface area (TPSA) is 35.8 Å². The lowest BCUT2D eigenvalue weighted by Crippen LogP contribution is -2.06. The van der Waals surface area contributed by atoms with Crippen LogP contribution in [0.25, 0.3) is 0 Å². The van der Waals surface area contributed by atoms with Crippen LogP contribution in [-0.4, -0.2) is 0 Å². The molecule has 0 bridgehead atoms. The van der Waals surface area contributed by atoms with Crippen LogP contribution in [0.4, 0.5) is 5.69 Å². The van der Waals surface area contributed by atoms with Crippen molar-refractivity contribution >= 4 is 5.69 Å². The summed E-state index contributed by atoms with van der Waals surface area (Å²) in [4.78, 5) is 0. The number of rotatable bonds is 3. The fourth-order valence-electron chi connectivity index (χ4n) is 1.91. The summed E-state index contributed by atoms with van der Waals surface area (Å²) in [5.74, 6) is 0. The van der Waals surface area contributed by atoms with E-state index in [0.717, 1.165) is 5.69 Å². The molecular weight excluding hydrogens is 220 g/mol. The summed E-state index contributed by atoms with van der Waals surface area (Å²) in [5.41, 5.74) is 4.24. The zero-order valence-electron chi connectivity index (χ0n) is 10.6. The van der Waals surface area contributed by atoms with Gasteiger partial charge in [-0.3, -0.25) is 0 Å². The van der Waals surface area contributed by atoms with Gasteiger partial charge in [-0.25, -0.2) is 0 Å². The molecule has 90 valence electrons. The average Bonchev–Trinajstić information content (AvgIpc) is 2.39. The lowest BCUT2D eigenvalue weighted by molar-refractivity contribution is 0.883. The highest BCUT2D eigenvalue weighted by Crippen LogP contribution is 2.20. The van der Waals surface area contributed by atoms with E-state index in [0.29, 0.717) is 5.56 Å². The van der Waals surface area contributed by atoms with Gasteiger partial charge in [-0.05, 0) is 43.7 Å². The van der Waals surface area contributed by atoms with Gasteiger partial charge in [0.15, 0.2) is 0 Å². The highest BCUT2D eigenvalue weighted by molar-refractivity contribution is 5.48. The maximum absolute atomic E-state index is 8.75. The molecule has 0 amide bonds. The Bertz CT molecular complexity index is 564. The van der Waals surface area contributed by atoms with Gasteiger partial charge in [0.1, 0.15) is 0 Å². The van der Waals surface area contributed by atoms with Gasteiger partial charge in [0, 0.05) is 11.7 Å². The molecule has 0 fully saturated rings. The van der Waals surface area contributed by atoms with Crippen molar-refractivity contribution in [3.63, 3.8) is 0 Å². The molecule has 0 spiro atoms. The molecule has 0 aliphatic carbocycles. The van der Waals surface area contributed by atoms with Gasteiger partial charge in [-0.2, -0.15) is 5.26 Å². The molecule has 1 unspecified atom stereocenters. The molecule has 0 aliphatic rings. The molecular formula is C16H16N2. The van der Waals surface area contributed by atoms with Crippen molar-refractivity contribution < 1.29 is 0 Å². The third-order valence-corrected chi connectivity index (χ3v) is 2.94. The number of benzene rings is 2. The predicted molar refractivity (Wildman–Crippen MR) is 74.4 cm³/mol. The van der Waals surface area contributed by atoms with Crippen LogP contribution >= 0.6 is 0 Å². The molecule has 0 aromatic heterocycles. The van der Waals surface area contributed by atoms with Gasteiger partial charge in [0.05, 0.1) is 11.6 Å². The van der Waals surface area contributed by atoms with Crippen LogP contribution < -0.4 is 5.32 Å². The Morgan fingerprint density at radius 2 is 1.83 bits per heavy atom. The standard InChI is InChI=1S/C16H16N2/c1-12-4-3-5-15(10-12)13(2)18-16-8-6-14(11-17)7-9-16/h3-10,13,18H,1-2H3. The molecule has 1 atom stereocenters. The molecule has 2 heteroatoms. The van der Waals surface area contributed by atoms with Gasteiger partial charge in [0.2, 0.25) is 0 Å². The van der Waals surface area contributed by atoms with Gasteiger partial charge in [-0.15, -0.1) is 0 Å². The molecule has 18 heavy (non-hydrogen) atoms. The molecule has 0 saturated carbocycles. The van der Waals surface area contributed by atoms with Crippen molar-refractivity contribution in [1.82, 2.24) is 0 Å². The first kappa shape index (κ1) is 12.2. The Labute approximate surface area is 108 Å². The summed E-state index contributed by atoms with van der Waals surface area (Å²) in [6.07, 6.45) is 0. The maximum Gasteiger partial charge on any atom is 0.0991 e.